The Bertz CT molecular complexity index is 1040. The number of ether oxygens (including phenoxy) is 2. The molecule has 2 aromatic heterocycles. The number of pyridine rings is 2. The summed E-state index contributed by atoms with van der Waals surface area (Å²) in [6.07, 6.45) is 8.39. The summed E-state index contributed by atoms with van der Waals surface area (Å²) in [7, 11) is 1.22. The number of carbonyl (C=O) groups excluding carboxylic acids is 2. The van der Waals surface area contributed by atoms with Gasteiger partial charge in [0.15, 0.2) is 11.4 Å². The van der Waals surface area contributed by atoms with Gasteiger partial charge >= 0.3 is 11.9 Å². The lowest BCUT2D eigenvalue weighted by Crippen LogP contribution is -2.16. The fraction of sp³-hybridized carbons (Fsp3) is 0.182. The van der Waals surface area contributed by atoms with E-state index in [1.165, 1.54) is 25.5 Å². The average molecular weight is 376 g/mol. The van der Waals surface area contributed by atoms with Gasteiger partial charge in [0.05, 0.1) is 12.7 Å². The molecule has 0 aliphatic heterocycles. The second-order valence-electron chi connectivity index (χ2n) is 5.43. The zero-order valence-electron chi connectivity index (χ0n) is 16.0. The first-order valence-corrected chi connectivity index (χ1v) is 8.60. The lowest BCUT2D eigenvalue weighted by atomic mass is 10.1. The Hall–Kier alpha value is -3.72. The normalized spacial score (nSPS) is 11.0. The highest BCUT2D eigenvalue weighted by Crippen LogP contribution is 2.30. The van der Waals surface area contributed by atoms with Crippen molar-refractivity contribution in [1.29, 1.82) is 0 Å². The van der Waals surface area contributed by atoms with E-state index < -0.39 is 11.9 Å². The van der Waals surface area contributed by atoms with Crippen LogP contribution in [0.25, 0.3) is 10.9 Å². The molecule has 0 radical (unpaired) electrons. The summed E-state index contributed by atoms with van der Waals surface area (Å²) in [4.78, 5) is 33.5. The fourth-order valence-corrected chi connectivity index (χ4v) is 2.36. The first-order valence-electron chi connectivity index (χ1n) is 8.60. The Morgan fingerprint density at radius 2 is 2.14 bits per heavy atom. The number of hydrogen-bond acceptors (Lipinski definition) is 6. The van der Waals surface area contributed by atoms with Crippen molar-refractivity contribution in [3.8, 4) is 17.6 Å². The van der Waals surface area contributed by atoms with Gasteiger partial charge in [0.25, 0.3) is 0 Å². The standard InChI is InChI=1S/C22H20N2O4/c1-5-8-13-17-16-12-9-14-23-18(16)20(19(24-17)22(26)27-4)28-21(25)15(10-6-2)11-7-3/h6-7,9-12,14H,2,5H2,1,3-4H3/b11-7-,15-10+. The van der Waals surface area contributed by atoms with Gasteiger partial charge in [-0.05, 0) is 31.1 Å². The molecule has 2 heterocycles. The minimum atomic E-state index is -0.754. The van der Waals surface area contributed by atoms with Crippen LogP contribution in [0.3, 0.4) is 0 Å². The second kappa shape index (κ2) is 9.83. The summed E-state index contributed by atoms with van der Waals surface area (Å²) < 4.78 is 10.3. The number of rotatable bonds is 5. The first kappa shape index (κ1) is 20.6. The van der Waals surface area contributed by atoms with Crippen molar-refractivity contribution in [2.75, 3.05) is 7.11 Å². The highest BCUT2D eigenvalue weighted by atomic mass is 16.5. The van der Waals surface area contributed by atoms with Gasteiger partial charge in [-0.3, -0.25) is 4.98 Å². The number of methoxy groups -OCH3 is 1. The predicted octanol–water partition coefficient (Wildman–Crippen LogP) is 3.77. The monoisotopic (exact) mass is 376 g/mol. The van der Waals surface area contributed by atoms with Crippen molar-refractivity contribution in [2.24, 2.45) is 0 Å². The first-order chi connectivity index (χ1) is 13.6. The molecule has 142 valence electrons. The predicted molar refractivity (Wildman–Crippen MR) is 107 cm³/mol. The van der Waals surface area contributed by atoms with Crippen molar-refractivity contribution in [3.05, 3.63) is 66.2 Å². The van der Waals surface area contributed by atoms with Crippen molar-refractivity contribution in [2.45, 2.75) is 20.3 Å². The van der Waals surface area contributed by atoms with Crippen molar-refractivity contribution >= 4 is 22.8 Å². The third kappa shape index (κ3) is 4.51. The van der Waals surface area contributed by atoms with E-state index in [0.717, 1.165) is 0 Å². The SMILES string of the molecule is C=C/C=C(\C=C/C)C(=O)Oc1c(C(=O)OC)nc(C#CCC)c2cccnc12. The molecule has 0 saturated carbocycles. The summed E-state index contributed by atoms with van der Waals surface area (Å²) in [5.74, 6) is 4.33. The largest absolute Gasteiger partial charge is 0.464 e. The van der Waals surface area contributed by atoms with Gasteiger partial charge in [-0.15, -0.1) is 0 Å². The minimum Gasteiger partial charge on any atom is -0.464 e. The molecule has 0 aliphatic rings. The quantitative estimate of drug-likeness (QED) is 0.342. The summed E-state index contributed by atoms with van der Waals surface area (Å²) in [5, 5.41) is 0.569. The number of fused-ring (bicyclic) bond motifs is 1. The van der Waals surface area contributed by atoms with Crippen LogP contribution in [0.5, 0.6) is 5.75 Å². The molecular formula is C22H20N2O4. The molecule has 0 saturated heterocycles. The topological polar surface area (TPSA) is 78.4 Å². The van der Waals surface area contributed by atoms with Crippen molar-refractivity contribution < 1.29 is 19.1 Å². The Kier molecular flexibility index (Phi) is 7.23. The van der Waals surface area contributed by atoms with Gasteiger partial charge in [0.1, 0.15) is 11.2 Å². The number of nitrogens with zero attached hydrogens (tertiary/aromatic N) is 2. The molecule has 0 amide bonds. The number of carbonyl (C=O) groups is 2. The fourth-order valence-electron chi connectivity index (χ4n) is 2.36. The molecule has 6 heteroatoms. The molecule has 0 spiro atoms. The molecule has 0 unspecified atom stereocenters. The Morgan fingerprint density at radius 3 is 2.79 bits per heavy atom. The minimum absolute atomic E-state index is 0.0750. The maximum Gasteiger partial charge on any atom is 0.360 e. The van der Waals surface area contributed by atoms with E-state index in [4.69, 9.17) is 9.47 Å². The molecule has 0 aliphatic carbocycles. The van der Waals surface area contributed by atoms with Crippen LogP contribution in [-0.4, -0.2) is 29.0 Å². The van der Waals surface area contributed by atoms with Crippen LogP contribution >= 0.6 is 0 Å². The molecule has 0 atom stereocenters. The number of hydrogen-bond donors (Lipinski definition) is 0. The van der Waals surface area contributed by atoms with Crippen LogP contribution < -0.4 is 4.74 Å². The van der Waals surface area contributed by atoms with Crippen LogP contribution in [0.4, 0.5) is 0 Å². The zero-order chi connectivity index (χ0) is 20.5. The van der Waals surface area contributed by atoms with Crippen molar-refractivity contribution in [1.82, 2.24) is 9.97 Å². The molecule has 28 heavy (non-hydrogen) atoms. The van der Waals surface area contributed by atoms with E-state index in [1.807, 2.05) is 6.92 Å². The number of esters is 2. The van der Waals surface area contributed by atoms with Gasteiger partial charge < -0.3 is 9.47 Å². The molecule has 2 rings (SSSR count). The van der Waals surface area contributed by atoms with Crippen LogP contribution in [0.2, 0.25) is 0 Å². The third-order valence-electron chi connectivity index (χ3n) is 3.55. The maximum atomic E-state index is 12.6. The van der Waals surface area contributed by atoms with Gasteiger partial charge in [-0.25, -0.2) is 14.6 Å². The van der Waals surface area contributed by atoms with E-state index in [2.05, 4.69) is 28.4 Å². The molecule has 2 aromatic rings. The maximum absolute atomic E-state index is 12.6. The van der Waals surface area contributed by atoms with Gasteiger partial charge in [0, 0.05) is 18.0 Å². The number of aromatic nitrogens is 2. The zero-order valence-corrected chi connectivity index (χ0v) is 16.0. The van der Waals surface area contributed by atoms with Gasteiger partial charge in [-0.2, -0.15) is 0 Å². The molecule has 0 aromatic carbocycles. The molecule has 6 nitrogen and oxygen atoms in total. The lowest BCUT2D eigenvalue weighted by molar-refractivity contribution is -0.129. The van der Waals surface area contributed by atoms with Gasteiger partial charge in [-0.1, -0.05) is 37.7 Å². The second-order valence-corrected chi connectivity index (χ2v) is 5.43. The highest BCUT2D eigenvalue weighted by molar-refractivity contribution is 6.02. The molecule has 0 bridgehead atoms. The summed E-state index contributed by atoms with van der Waals surface area (Å²) in [6, 6.07) is 3.47. The number of allylic oxidation sites excluding steroid dienone is 3. The van der Waals surface area contributed by atoms with Crippen molar-refractivity contribution in [3.63, 3.8) is 0 Å². The summed E-state index contributed by atoms with van der Waals surface area (Å²) in [5.41, 5.74) is 0.749. The third-order valence-corrected chi connectivity index (χ3v) is 3.55. The van der Waals surface area contributed by atoms with E-state index >= 15 is 0 Å². The van der Waals surface area contributed by atoms with Crippen LogP contribution in [0.1, 0.15) is 36.5 Å². The molecular weight excluding hydrogens is 356 g/mol. The Balaban J connectivity index is 2.73. The van der Waals surface area contributed by atoms with E-state index in [9.17, 15) is 9.59 Å². The van der Waals surface area contributed by atoms with E-state index in [1.54, 1.807) is 31.2 Å². The Morgan fingerprint density at radius 1 is 1.36 bits per heavy atom. The average Bonchev–Trinajstić information content (AvgIpc) is 2.72. The van der Waals surface area contributed by atoms with Crippen LogP contribution in [0.15, 0.2) is 54.8 Å². The highest BCUT2D eigenvalue weighted by Gasteiger charge is 2.24. The Labute approximate surface area is 163 Å². The van der Waals surface area contributed by atoms with E-state index in [-0.39, 0.29) is 17.0 Å². The molecule has 0 N–H and O–H groups in total. The van der Waals surface area contributed by atoms with Gasteiger partial charge in [0.2, 0.25) is 0 Å². The lowest BCUT2D eigenvalue weighted by Gasteiger charge is -2.12. The van der Waals surface area contributed by atoms with E-state index in [0.29, 0.717) is 23.0 Å². The van der Waals surface area contributed by atoms with Crippen LogP contribution in [-0.2, 0) is 9.53 Å². The molecule has 0 fully saturated rings. The van der Waals surface area contributed by atoms with Crippen LogP contribution in [0, 0.1) is 11.8 Å². The summed E-state index contributed by atoms with van der Waals surface area (Å²) >= 11 is 0. The summed E-state index contributed by atoms with van der Waals surface area (Å²) in [6.45, 7) is 7.26. The smallest absolute Gasteiger partial charge is 0.360 e.